The monoisotopic (exact) mass is 553 g/mol. The van der Waals surface area contributed by atoms with Gasteiger partial charge in [-0.05, 0) is 55.1 Å². The van der Waals surface area contributed by atoms with Crippen molar-refractivity contribution in [1.29, 1.82) is 0 Å². The molecule has 1 saturated carbocycles. The molecule has 4 rings (SSSR count). The predicted octanol–water partition coefficient (Wildman–Crippen LogP) is 5.40. The molecule has 0 bridgehead atoms. The van der Waals surface area contributed by atoms with Crippen LogP contribution in [0.2, 0.25) is 0 Å². The molecule has 1 N–H and O–H groups in total. The number of nitrogens with zero attached hydrogens (tertiary/aromatic N) is 3. The van der Waals surface area contributed by atoms with Gasteiger partial charge in [0.05, 0.1) is 20.3 Å². The largest absolute Gasteiger partial charge is 0.493 e. The Bertz CT molecular complexity index is 1150. The van der Waals surface area contributed by atoms with E-state index in [1.807, 2.05) is 27.7 Å². The number of benzene rings is 1. The molecule has 1 aliphatic carbocycles. The Balaban J connectivity index is 1.48. The van der Waals surface area contributed by atoms with Gasteiger partial charge in [-0.25, -0.2) is 0 Å². The van der Waals surface area contributed by atoms with Gasteiger partial charge in [0.2, 0.25) is 0 Å². The van der Waals surface area contributed by atoms with Crippen LogP contribution in [-0.2, 0) is 11.4 Å². The molecule has 1 saturated heterocycles. The van der Waals surface area contributed by atoms with E-state index >= 15 is 8.78 Å². The number of aliphatic hydroxyl groups is 1. The van der Waals surface area contributed by atoms with Gasteiger partial charge in [-0.1, -0.05) is 39.0 Å². The van der Waals surface area contributed by atoms with Crippen LogP contribution in [0.3, 0.4) is 0 Å². The van der Waals surface area contributed by atoms with Gasteiger partial charge in [-0.15, -0.1) is 10.2 Å². The van der Waals surface area contributed by atoms with Crippen LogP contribution < -0.4 is 14.2 Å². The number of amides is 1. The van der Waals surface area contributed by atoms with Crippen LogP contribution in [0.15, 0.2) is 18.2 Å². The number of hydrogen-bond acceptors (Lipinski definition) is 8. The number of alkyl halides is 2. The highest BCUT2D eigenvalue weighted by Gasteiger charge is 2.65. The van der Waals surface area contributed by atoms with Gasteiger partial charge in [-0.3, -0.25) is 4.79 Å². The maximum atomic E-state index is 15.8. The van der Waals surface area contributed by atoms with Crippen molar-refractivity contribution in [1.82, 2.24) is 15.1 Å². The Labute approximate surface area is 226 Å². The van der Waals surface area contributed by atoms with Crippen molar-refractivity contribution >= 4 is 17.2 Å². The minimum Gasteiger partial charge on any atom is -0.493 e. The second-order valence-electron chi connectivity index (χ2n) is 12.0. The summed E-state index contributed by atoms with van der Waals surface area (Å²) in [5.74, 6) is -3.62. The number of carbonyl (C=O) groups is 1. The van der Waals surface area contributed by atoms with Gasteiger partial charge in [0.1, 0.15) is 23.0 Å². The number of likely N-dealkylation sites (tertiary alicyclic amines) is 1. The lowest BCUT2D eigenvalue weighted by Crippen LogP contribution is -2.62. The fraction of sp³-hybridized carbons (Fsp3) is 0.667. The molecular weight excluding hydrogens is 516 g/mol. The highest BCUT2D eigenvalue weighted by Crippen LogP contribution is 2.55. The van der Waals surface area contributed by atoms with E-state index in [-0.39, 0.29) is 26.0 Å². The van der Waals surface area contributed by atoms with E-state index in [0.29, 0.717) is 46.5 Å². The fourth-order valence-corrected chi connectivity index (χ4v) is 7.35. The normalized spacial score (nSPS) is 22.2. The van der Waals surface area contributed by atoms with Crippen LogP contribution in [-0.4, -0.2) is 58.4 Å². The number of carbonyl (C=O) groups excluding carboxylic acids is 1. The zero-order chi connectivity index (χ0) is 27.9. The summed E-state index contributed by atoms with van der Waals surface area (Å²) in [6.07, 6.45) is 1.48. The summed E-state index contributed by atoms with van der Waals surface area (Å²) in [6, 6.07) is 4.54. The lowest BCUT2D eigenvalue weighted by atomic mass is 9.58. The molecule has 0 spiro atoms. The highest BCUT2D eigenvalue weighted by molar-refractivity contribution is 7.11. The van der Waals surface area contributed by atoms with Gasteiger partial charge >= 0.3 is 5.92 Å². The number of hydrogen-bond donors (Lipinski definition) is 1. The third-order valence-electron chi connectivity index (χ3n) is 7.35. The van der Waals surface area contributed by atoms with Crippen molar-refractivity contribution in [2.75, 3.05) is 20.8 Å². The van der Waals surface area contributed by atoms with Crippen LogP contribution in [0.4, 0.5) is 8.78 Å². The van der Waals surface area contributed by atoms with Gasteiger partial charge < -0.3 is 24.2 Å². The van der Waals surface area contributed by atoms with Gasteiger partial charge in [-0.2, -0.15) is 8.78 Å². The molecule has 8 nitrogen and oxygen atoms in total. The Morgan fingerprint density at radius 1 is 1.11 bits per heavy atom. The average molecular weight is 554 g/mol. The van der Waals surface area contributed by atoms with Crippen LogP contribution >= 0.6 is 11.3 Å². The summed E-state index contributed by atoms with van der Waals surface area (Å²) in [7, 11) is 3.08. The first-order chi connectivity index (χ1) is 17.7. The van der Waals surface area contributed by atoms with Crippen LogP contribution in [0.25, 0.3) is 0 Å². The summed E-state index contributed by atoms with van der Waals surface area (Å²) < 4.78 is 48.0. The lowest BCUT2D eigenvalue weighted by molar-refractivity contribution is -0.231. The first-order valence-corrected chi connectivity index (χ1v) is 13.6. The Morgan fingerprint density at radius 2 is 1.76 bits per heavy atom. The van der Waals surface area contributed by atoms with Crippen molar-refractivity contribution in [3.8, 4) is 17.2 Å². The van der Waals surface area contributed by atoms with Crippen molar-refractivity contribution in [2.24, 2.45) is 10.8 Å². The summed E-state index contributed by atoms with van der Waals surface area (Å²) in [5.41, 5.74) is -3.46. The van der Waals surface area contributed by atoms with E-state index in [1.54, 1.807) is 25.3 Å². The van der Waals surface area contributed by atoms with Crippen molar-refractivity contribution < 1.29 is 32.9 Å². The molecular formula is C27H37F2N3O5S. The summed E-state index contributed by atoms with van der Waals surface area (Å²) in [6.45, 7) is 7.76. The topological polar surface area (TPSA) is 94.0 Å². The van der Waals surface area contributed by atoms with Crippen LogP contribution in [0.1, 0.15) is 75.9 Å². The van der Waals surface area contributed by atoms with E-state index in [0.717, 1.165) is 0 Å². The molecule has 38 heavy (non-hydrogen) atoms. The minimum atomic E-state index is -3.92. The molecule has 2 aromatic rings. The molecule has 11 heteroatoms. The number of methoxy groups -OCH3 is 2. The first-order valence-electron chi connectivity index (χ1n) is 12.8. The average Bonchev–Trinajstić information content (AvgIpc) is 3.49. The SMILES string of the molecule is COc1ccc(OCc2nnc(C3CCCN3C(=O)C(F)(F)C3(O)CC(C)(C)CC(C)(C)C3)s2)cc1OC. The molecule has 1 aromatic carbocycles. The number of aromatic nitrogens is 2. The maximum Gasteiger partial charge on any atom is 0.352 e. The predicted molar refractivity (Wildman–Crippen MR) is 139 cm³/mol. The van der Waals surface area contributed by atoms with Crippen LogP contribution in [0, 0.1) is 10.8 Å². The second-order valence-corrected chi connectivity index (χ2v) is 13.1. The third-order valence-corrected chi connectivity index (χ3v) is 8.35. The second kappa shape index (κ2) is 10.2. The molecule has 2 heterocycles. The van der Waals surface area contributed by atoms with E-state index in [4.69, 9.17) is 14.2 Å². The van der Waals surface area contributed by atoms with E-state index in [9.17, 15) is 9.90 Å². The third kappa shape index (κ3) is 5.59. The van der Waals surface area contributed by atoms with Gasteiger partial charge in [0.25, 0.3) is 5.91 Å². The molecule has 0 radical (unpaired) electrons. The van der Waals surface area contributed by atoms with E-state index in [2.05, 4.69) is 10.2 Å². The van der Waals surface area contributed by atoms with Crippen molar-refractivity contribution in [2.45, 2.75) is 84.0 Å². The smallest absolute Gasteiger partial charge is 0.352 e. The van der Waals surface area contributed by atoms with Crippen molar-refractivity contribution in [3.05, 3.63) is 28.2 Å². The summed E-state index contributed by atoms with van der Waals surface area (Å²) in [4.78, 5) is 14.5. The molecule has 1 atom stereocenters. The molecule has 1 unspecified atom stereocenters. The maximum absolute atomic E-state index is 15.8. The van der Waals surface area contributed by atoms with Crippen LogP contribution in [0.5, 0.6) is 17.2 Å². The minimum absolute atomic E-state index is 0.119. The zero-order valence-corrected chi connectivity index (χ0v) is 23.7. The first kappa shape index (κ1) is 28.5. The molecule has 1 aliphatic heterocycles. The molecule has 1 aromatic heterocycles. The quantitative estimate of drug-likeness (QED) is 0.468. The number of ether oxygens (including phenoxy) is 3. The summed E-state index contributed by atoms with van der Waals surface area (Å²) >= 11 is 1.23. The Hall–Kier alpha value is -2.53. The van der Waals surface area contributed by atoms with Gasteiger partial charge in [0, 0.05) is 12.6 Å². The molecule has 1 amide bonds. The molecule has 2 fully saturated rings. The number of halogens is 2. The van der Waals surface area contributed by atoms with E-state index < -0.39 is 34.3 Å². The Morgan fingerprint density at radius 3 is 2.39 bits per heavy atom. The Kier molecular flexibility index (Phi) is 7.66. The fourth-order valence-electron chi connectivity index (χ4n) is 6.45. The number of rotatable bonds is 8. The van der Waals surface area contributed by atoms with E-state index in [1.165, 1.54) is 23.3 Å². The lowest BCUT2D eigenvalue weighted by Gasteiger charge is -2.51. The van der Waals surface area contributed by atoms with Gasteiger partial charge in [0.15, 0.2) is 16.5 Å². The zero-order valence-electron chi connectivity index (χ0n) is 22.8. The van der Waals surface area contributed by atoms with Crippen molar-refractivity contribution in [3.63, 3.8) is 0 Å². The standard InChI is InChI=1S/C27H37F2N3O5S/c1-24(2)14-25(3,4)16-26(34,15-24)27(28,29)23(33)32-11-7-8-18(32)22-31-30-21(38-22)13-37-17-9-10-19(35-5)20(12-17)36-6/h9-10,12,18,34H,7-8,11,13-16H2,1-6H3. The molecule has 210 valence electrons. The highest BCUT2D eigenvalue weighted by atomic mass is 32.1. The summed E-state index contributed by atoms with van der Waals surface area (Å²) in [5, 5.41) is 20.7. The molecule has 2 aliphatic rings.